The summed E-state index contributed by atoms with van der Waals surface area (Å²) < 4.78 is 0. The van der Waals surface area contributed by atoms with Crippen LogP contribution in [0.5, 0.6) is 0 Å². The molecule has 122 valence electrons. The summed E-state index contributed by atoms with van der Waals surface area (Å²) in [7, 11) is 0. The van der Waals surface area contributed by atoms with Crippen LogP contribution in [0.1, 0.15) is 5.56 Å². The van der Waals surface area contributed by atoms with Crippen molar-refractivity contribution in [2.45, 2.75) is 0 Å². The van der Waals surface area contributed by atoms with E-state index in [0.717, 1.165) is 29.4 Å². The molecule has 2 amide bonds. The van der Waals surface area contributed by atoms with Crippen LogP contribution in [0, 0.1) is 12.3 Å². The number of carbonyl (C=O) groups excluding carboxylic acids is 1. The molecule has 24 heavy (non-hydrogen) atoms. The molecule has 0 aliphatic carbocycles. The Morgan fingerprint density at radius 2 is 1.83 bits per heavy atom. The molecule has 3 rings (SSSR count). The molecule has 0 saturated carbocycles. The molecule has 1 fully saturated rings. The van der Waals surface area contributed by atoms with E-state index in [1.54, 1.807) is 6.07 Å². The number of piperazine rings is 1. The average Bonchev–Trinajstić information content (AvgIpc) is 2.62. The molecule has 0 unspecified atom stereocenters. The van der Waals surface area contributed by atoms with E-state index < -0.39 is 0 Å². The first-order chi connectivity index (χ1) is 11.7. The Balaban J connectivity index is 1.58. The summed E-state index contributed by atoms with van der Waals surface area (Å²) in [5, 5.41) is 3.63. The molecule has 1 aliphatic heterocycles. The first-order valence-electron chi connectivity index (χ1n) is 7.79. The van der Waals surface area contributed by atoms with Crippen LogP contribution in [0.25, 0.3) is 0 Å². The highest BCUT2D eigenvalue weighted by Gasteiger charge is 2.21. The number of amides is 2. The first kappa shape index (κ1) is 16.2. The van der Waals surface area contributed by atoms with E-state index in [9.17, 15) is 4.79 Å². The Kier molecular flexibility index (Phi) is 4.93. The van der Waals surface area contributed by atoms with Crippen molar-refractivity contribution in [3.05, 3.63) is 59.1 Å². The molecule has 0 radical (unpaired) electrons. The molecular formula is C19H18ClN3O. The second-order valence-corrected chi connectivity index (χ2v) is 6.05. The lowest BCUT2D eigenvalue weighted by molar-refractivity contribution is 0.208. The van der Waals surface area contributed by atoms with E-state index in [4.69, 9.17) is 18.0 Å². The SMILES string of the molecule is C#Cc1cccc(NC(=O)N2CCN(c3cccc(Cl)c3)CC2)c1. The average molecular weight is 340 g/mol. The van der Waals surface area contributed by atoms with E-state index in [-0.39, 0.29) is 6.03 Å². The van der Waals surface area contributed by atoms with E-state index in [0.29, 0.717) is 18.8 Å². The van der Waals surface area contributed by atoms with Crippen molar-refractivity contribution in [2.75, 3.05) is 36.4 Å². The van der Waals surface area contributed by atoms with Gasteiger partial charge in [0.2, 0.25) is 0 Å². The fraction of sp³-hybridized carbons (Fsp3) is 0.211. The minimum Gasteiger partial charge on any atom is -0.368 e. The largest absolute Gasteiger partial charge is 0.368 e. The van der Waals surface area contributed by atoms with E-state index in [2.05, 4.69) is 16.1 Å². The van der Waals surface area contributed by atoms with Crippen LogP contribution < -0.4 is 10.2 Å². The molecule has 4 nitrogen and oxygen atoms in total. The highest BCUT2D eigenvalue weighted by molar-refractivity contribution is 6.30. The van der Waals surface area contributed by atoms with Gasteiger partial charge >= 0.3 is 6.03 Å². The van der Waals surface area contributed by atoms with Crippen molar-refractivity contribution in [1.82, 2.24) is 4.90 Å². The number of nitrogens with one attached hydrogen (secondary N) is 1. The molecule has 2 aromatic carbocycles. The lowest BCUT2D eigenvalue weighted by Crippen LogP contribution is -2.50. The standard InChI is InChI=1S/C19H18ClN3O/c1-2-15-5-3-7-17(13-15)21-19(24)23-11-9-22(10-12-23)18-8-4-6-16(20)14-18/h1,3-8,13-14H,9-12H2,(H,21,24). The van der Waals surface area contributed by atoms with Crippen LogP contribution in [0.3, 0.4) is 0 Å². The molecular weight excluding hydrogens is 322 g/mol. The quantitative estimate of drug-likeness (QED) is 0.847. The van der Waals surface area contributed by atoms with Crippen molar-refractivity contribution >= 4 is 29.0 Å². The van der Waals surface area contributed by atoms with Crippen LogP contribution in [0.2, 0.25) is 5.02 Å². The number of nitrogens with zero attached hydrogens (tertiary/aromatic N) is 2. The monoisotopic (exact) mass is 339 g/mol. The maximum absolute atomic E-state index is 12.4. The predicted molar refractivity (Wildman–Crippen MR) is 98.6 cm³/mol. The van der Waals surface area contributed by atoms with Crippen LogP contribution in [-0.2, 0) is 0 Å². The fourth-order valence-electron chi connectivity index (χ4n) is 2.73. The Morgan fingerprint density at radius 3 is 2.54 bits per heavy atom. The maximum Gasteiger partial charge on any atom is 0.321 e. The predicted octanol–water partition coefficient (Wildman–Crippen LogP) is 3.68. The Hall–Kier alpha value is -2.64. The van der Waals surface area contributed by atoms with Gasteiger partial charge in [-0.2, -0.15) is 0 Å². The van der Waals surface area contributed by atoms with E-state index in [1.807, 2.05) is 47.4 Å². The number of hydrogen-bond acceptors (Lipinski definition) is 2. The van der Waals surface area contributed by atoms with Gasteiger partial charge in [-0.3, -0.25) is 0 Å². The third kappa shape index (κ3) is 3.81. The van der Waals surface area contributed by atoms with Gasteiger partial charge in [0, 0.05) is 48.1 Å². The molecule has 2 aromatic rings. The van der Waals surface area contributed by atoms with Gasteiger partial charge in [-0.25, -0.2) is 4.79 Å². The Morgan fingerprint density at radius 1 is 1.08 bits per heavy atom. The molecule has 0 aromatic heterocycles. The number of terminal acetylenes is 1. The lowest BCUT2D eigenvalue weighted by atomic mass is 10.2. The number of urea groups is 1. The highest BCUT2D eigenvalue weighted by atomic mass is 35.5. The number of hydrogen-bond donors (Lipinski definition) is 1. The minimum absolute atomic E-state index is 0.102. The smallest absolute Gasteiger partial charge is 0.321 e. The van der Waals surface area contributed by atoms with Gasteiger partial charge in [0.1, 0.15) is 0 Å². The number of rotatable bonds is 2. The van der Waals surface area contributed by atoms with E-state index >= 15 is 0 Å². The van der Waals surface area contributed by atoms with Gasteiger partial charge in [-0.05, 0) is 36.4 Å². The van der Waals surface area contributed by atoms with Gasteiger partial charge in [0.25, 0.3) is 0 Å². The summed E-state index contributed by atoms with van der Waals surface area (Å²) in [6.07, 6.45) is 5.39. The number of anilines is 2. The third-order valence-corrected chi connectivity index (χ3v) is 4.26. The van der Waals surface area contributed by atoms with Gasteiger partial charge in [-0.1, -0.05) is 29.7 Å². The van der Waals surface area contributed by atoms with Crippen LogP contribution in [0.4, 0.5) is 16.2 Å². The molecule has 0 bridgehead atoms. The summed E-state index contributed by atoms with van der Waals surface area (Å²) >= 11 is 6.04. The molecule has 0 spiro atoms. The van der Waals surface area contributed by atoms with Crippen molar-refractivity contribution in [1.29, 1.82) is 0 Å². The zero-order valence-corrected chi connectivity index (χ0v) is 14.0. The topological polar surface area (TPSA) is 35.6 Å². The fourth-order valence-corrected chi connectivity index (χ4v) is 2.91. The molecule has 0 atom stereocenters. The van der Waals surface area contributed by atoms with Gasteiger partial charge in [0.15, 0.2) is 0 Å². The first-order valence-corrected chi connectivity index (χ1v) is 8.16. The van der Waals surface area contributed by atoms with Gasteiger partial charge in [-0.15, -0.1) is 6.42 Å². The summed E-state index contributed by atoms with van der Waals surface area (Å²) in [5.74, 6) is 2.57. The van der Waals surface area contributed by atoms with E-state index in [1.165, 1.54) is 0 Å². The molecule has 5 heteroatoms. The Labute approximate surface area is 147 Å². The summed E-state index contributed by atoms with van der Waals surface area (Å²) in [5.41, 5.74) is 2.55. The maximum atomic E-state index is 12.4. The third-order valence-electron chi connectivity index (χ3n) is 4.02. The minimum atomic E-state index is -0.102. The second-order valence-electron chi connectivity index (χ2n) is 5.61. The number of halogens is 1. The second kappa shape index (κ2) is 7.29. The number of carbonyl (C=O) groups is 1. The Bertz CT molecular complexity index is 776. The summed E-state index contributed by atoms with van der Waals surface area (Å²) in [6.45, 7) is 2.87. The van der Waals surface area contributed by atoms with Gasteiger partial charge < -0.3 is 15.1 Å². The van der Waals surface area contributed by atoms with Crippen LogP contribution in [0.15, 0.2) is 48.5 Å². The van der Waals surface area contributed by atoms with Crippen LogP contribution >= 0.6 is 11.6 Å². The molecule has 1 heterocycles. The highest BCUT2D eigenvalue weighted by Crippen LogP contribution is 2.21. The zero-order chi connectivity index (χ0) is 16.9. The summed E-state index contributed by atoms with van der Waals surface area (Å²) in [6, 6.07) is 15.0. The van der Waals surface area contributed by atoms with Crippen molar-refractivity contribution in [3.63, 3.8) is 0 Å². The molecule has 1 N–H and O–H groups in total. The molecule has 1 aliphatic rings. The summed E-state index contributed by atoms with van der Waals surface area (Å²) in [4.78, 5) is 16.4. The van der Waals surface area contributed by atoms with Crippen LogP contribution in [-0.4, -0.2) is 37.1 Å². The van der Waals surface area contributed by atoms with Crippen molar-refractivity contribution in [3.8, 4) is 12.3 Å². The van der Waals surface area contributed by atoms with Crippen molar-refractivity contribution < 1.29 is 4.79 Å². The normalized spacial score (nSPS) is 14.2. The van der Waals surface area contributed by atoms with Crippen molar-refractivity contribution in [2.24, 2.45) is 0 Å². The zero-order valence-electron chi connectivity index (χ0n) is 13.2. The lowest BCUT2D eigenvalue weighted by Gasteiger charge is -2.36. The van der Waals surface area contributed by atoms with Gasteiger partial charge in [0.05, 0.1) is 0 Å². The molecule has 1 saturated heterocycles. The number of benzene rings is 2.